The van der Waals surface area contributed by atoms with Crippen molar-refractivity contribution in [3.63, 3.8) is 0 Å². The van der Waals surface area contributed by atoms with E-state index in [4.69, 9.17) is 18.9 Å². The van der Waals surface area contributed by atoms with Crippen LogP contribution in [0.25, 0.3) is 0 Å². The van der Waals surface area contributed by atoms with E-state index in [9.17, 15) is 19.5 Å². The van der Waals surface area contributed by atoms with Gasteiger partial charge in [0.15, 0.2) is 12.4 Å². The molecule has 0 fully saturated rings. The van der Waals surface area contributed by atoms with Crippen molar-refractivity contribution in [2.75, 3.05) is 47.5 Å². The Bertz CT molecular complexity index is 1150. The second-order valence-corrected chi connectivity index (χ2v) is 22.0. The molecule has 9 nitrogen and oxygen atoms in total. The van der Waals surface area contributed by atoms with Gasteiger partial charge in [0.1, 0.15) is 13.2 Å². The zero-order valence-corrected chi connectivity index (χ0v) is 47.2. The van der Waals surface area contributed by atoms with Crippen LogP contribution in [0.2, 0.25) is 0 Å². The van der Waals surface area contributed by atoms with Gasteiger partial charge in [-0.05, 0) is 38.5 Å². The van der Waals surface area contributed by atoms with Crippen LogP contribution in [0.15, 0.2) is 12.2 Å². The van der Waals surface area contributed by atoms with E-state index in [2.05, 4.69) is 26.0 Å². The minimum Gasteiger partial charge on any atom is -0.545 e. The SMILES string of the molecule is CCCCCCC/C=C\CCCCCCCC(=O)OC(COC(=O)CCCCCCCCCCCCCCCCCCCCCCCCCCCCCCCCC)COC(OCC[N+](C)(C)C)C(=O)[O-]. The van der Waals surface area contributed by atoms with Crippen LogP contribution in [0.4, 0.5) is 0 Å². The fourth-order valence-corrected chi connectivity index (χ4v) is 9.06. The van der Waals surface area contributed by atoms with E-state index in [0.29, 0.717) is 23.9 Å². The Hall–Kier alpha value is -1.97. The van der Waals surface area contributed by atoms with Crippen molar-refractivity contribution in [2.24, 2.45) is 0 Å². The molecule has 0 bridgehead atoms. The molecule has 0 N–H and O–H groups in total. The van der Waals surface area contributed by atoms with Gasteiger partial charge in [0, 0.05) is 12.8 Å². The summed E-state index contributed by atoms with van der Waals surface area (Å²) in [6.07, 6.45) is 58.6. The molecule has 0 aromatic rings. The molecule has 0 saturated heterocycles. The van der Waals surface area contributed by atoms with Crippen molar-refractivity contribution in [1.82, 2.24) is 0 Å². The van der Waals surface area contributed by atoms with Crippen molar-refractivity contribution in [3.8, 4) is 0 Å². The molecule has 2 atom stereocenters. The van der Waals surface area contributed by atoms with Gasteiger partial charge in [-0.1, -0.05) is 264 Å². The third-order valence-corrected chi connectivity index (χ3v) is 13.8. The van der Waals surface area contributed by atoms with Crippen LogP contribution in [0.5, 0.6) is 0 Å². The van der Waals surface area contributed by atoms with E-state index in [-0.39, 0.29) is 32.2 Å². The lowest BCUT2D eigenvalue weighted by Gasteiger charge is -2.26. The Morgan fingerprint density at radius 1 is 0.414 bits per heavy atom. The molecule has 2 unspecified atom stereocenters. The summed E-state index contributed by atoms with van der Waals surface area (Å²) in [6, 6.07) is 0. The molecule has 0 radical (unpaired) electrons. The van der Waals surface area contributed by atoms with Gasteiger partial charge in [0.05, 0.1) is 40.3 Å². The third kappa shape index (κ3) is 53.8. The second kappa shape index (κ2) is 53.3. The number of ether oxygens (including phenoxy) is 4. The summed E-state index contributed by atoms with van der Waals surface area (Å²) in [6.45, 7) is 4.78. The third-order valence-electron chi connectivity index (χ3n) is 13.8. The maximum Gasteiger partial charge on any atom is 0.306 e. The van der Waals surface area contributed by atoms with Crippen LogP contribution in [0, 0.1) is 0 Å². The molecule has 0 aromatic carbocycles. The van der Waals surface area contributed by atoms with Gasteiger partial charge >= 0.3 is 11.9 Å². The molecule has 0 rings (SSSR count). The quantitative estimate of drug-likeness (QED) is 0.0195. The van der Waals surface area contributed by atoms with E-state index < -0.39 is 24.3 Å². The Balaban J connectivity index is 4.03. The highest BCUT2D eigenvalue weighted by molar-refractivity contribution is 5.70. The summed E-state index contributed by atoms with van der Waals surface area (Å²) < 4.78 is 22.7. The molecule has 0 aliphatic carbocycles. The second-order valence-electron chi connectivity index (χ2n) is 22.0. The molecular formula is C61H117NO8. The topological polar surface area (TPSA) is 111 Å². The van der Waals surface area contributed by atoms with E-state index >= 15 is 0 Å². The first-order valence-electron chi connectivity index (χ1n) is 30.3. The number of unbranched alkanes of at least 4 members (excludes halogenated alkanes) is 40. The number of nitrogens with zero attached hydrogens (tertiary/aromatic N) is 1. The highest BCUT2D eigenvalue weighted by Gasteiger charge is 2.22. The normalized spacial score (nSPS) is 12.8. The lowest BCUT2D eigenvalue weighted by atomic mass is 10.0. The van der Waals surface area contributed by atoms with Gasteiger partial charge in [-0.25, -0.2) is 0 Å². The first-order chi connectivity index (χ1) is 34.1. The number of likely N-dealkylation sites (N-methyl/N-ethyl adjacent to an activating group) is 1. The lowest BCUT2D eigenvalue weighted by Crippen LogP contribution is -2.44. The Morgan fingerprint density at radius 3 is 1.06 bits per heavy atom. The number of carboxylic acids is 1. The van der Waals surface area contributed by atoms with Crippen LogP contribution in [-0.2, 0) is 33.3 Å². The predicted molar refractivity (Wildman–Crippen MR) is 293 cm³/mol. The average Bonchev–Trinajstić information content (AvgIpc) is 3.33. The standard InChI is InChI=1S/C61H117NO8/c1-6-8-10-12-14-16-18-20-22-23-24-25-26-27-28-29-30-31-32-33-34-35-36-37-38-40-41-43-45-47-49-51-58(63)68-55-57(56-69-61(60(65)66)67-54-53-62(3,4)5)70-59(64)52-50-48-46-44-42-39-21-19-17-15-13-11-9-7-2/h19,21,57,61H,6-18,20,22-56H2,1-5H3/b21-19-. The number of allylic oxidation sites excluding steroid dienone is 2. The summed E-state index contributed by atoms with van der Waals surface area (Å²) in [7, 11) is 5.93. The van der Waals surface area contributed by atoms with Crippen LogP contribution >= 0.6 is 0 Å². The van der Waals surface area contributed by atoms with Gasteiger partial charge in [-0.2, -0.15) is 0 Å². The molecule has 0 saturated carbocycles. The monoisotopic (exact) mass is 992 g/mol. The molecule has 0 aromatic heterocycles. The van der Waals surface area contributed by atoms with Crippen molar-refractivity contribution >= 4 is 17.9 Å². The number of aliphatic carboxylic acids is 1. The van der Waals surface area contributed by atoms with Crippen molar-refractivity contribution in [3.05, 3.63) is 12.2 Å². The number of hydrogen-bond donors (Lipinski definition) is 0. The maximum absolute atomic E-state index is 12.8. The van der Waals surface area contributed by atoms with Gasteiger partial charge in [0.2, 0.25) is 0 Å². The van der Waals surface area contributed by atoms with Gasteiger partial charge in [-0.15, -0.1) is 0 Å². The molecule has 0 amide bonds. The molecule has 0 spiro atoms. The molecular weight excluding hydrogens is 875 g/mol. The van der Waals surface area contributed by atoms with Gasteiger partial charge in [-0.3, -0.25) is 9.59 Å². The minimum absolute atomic E-state index is 0.150. The predicted octanol–water partition coefficient (Wildman–Crippen LogP) is 16.4. The van der Waals surface area contributed by atoms with Crippen LogP contribution < -0.4 is 5.11 Å². The summed E-state index contributed by atoms with van der Waals surface area (Å²) in [5, 5.41) is 11.8. The summed E-state index contributed by atoms with van der Waals surface area (Å²) in [5.74, 6) is -2.27. The lowest BCUT2D eigenvalue weighted by molar-refractivity contribution is -0.870. The zero-order valence-electron chi connectivity index (χ0n) is 47.2. The van der Waals surface area contributed by atoms with Crippen molar-refractivity contribution < 1.29 is 42.9 Å². The zero-order chi connectivity index (χ0) is 51.3. The maximum atomic E-state index is 12.8. The summed E-state index contributed by atoms with van der Waals surface area (Å²) in [5.41, 5.74) is 0. The number of quaternary nitrogens is 1. The molecule has 70 heavy (non-hydrogen) atoms. The van der Waals surface area contributed by atoms with E-state index in [0.717, 1.165) is 51.4 Å². The molecule has 414 valence electrons. The number of rotatable bonds is 57. The van der Waals surface area contributed by atoms with Crippen molar-refractivity contribution in [2.45, 2.75) is 315 Å². The summed E-state index contributed by atoms with van der Waals surface area (Å²) in [4.78, 5) is 37.2. The highest BCUT2D eigenvalue weighted by Crippen LogP contribution is 2.18. The average molecular weight is 993 g/mol. The van der Waals surface area contributed by atoms with Gasteiger partial charge in [0.25, 0.3) is 0 Å². The Morgan fingerprint density at radius 2 is 0.729 bits per heavy atom. The van der Waals surface area contributed by atoms with Gasteiger partial charge < -0.3 is 33.3 Å². The minimum atomic E-state index is -1.62. The number of carboxylic acid groups (broad SMARTS) is 1. The Labute approximate surface area is 434 Å². The first-order valence-corrected chi connectivity index (χ1v) is 30.3. The van der Waals surface area contributed by atoms with Crippen LogP contribution in [0.3, 0.4) is 0 Å². The molecule has 0 heterocycles. The van der Waals surface area contributed by atoms with Crippen LogP contribution in [0.1, 0.15) is 303 Å². The number of carbonyl (C=O) groups is 3. The fraction of sp³-hybridized carbons (Fsp3) is 0.918. The smallest absolute Gasteiger partial charge is 0.306 e. The van der Waals surface area contributed by atoms with E-state index in [1.807, 2.05) is 21.1 Å². The van der Waals surface area contributed by atoms with Crippen molar-refractivity contribution in [1.29, 1.82) is 0 Å². The largest absolute Gasteiger partial charge is 0.545 e. The number of carbonyl (C=O) groups excluding carboxylic acids is 3. The molecule has 0 aliphatic rings. The van der Waals surface area contributed by atoms with E-state index in [1.165, 1.54) is 218 Å². The van der Waals surface area contributed by atoms with Crippen LogP contribution in [-0.4, -0.2) is 82.3 Å². The molecule has 9 heteroatoms. The number of hydrogen-bond acceptors (Lipinski definition) is 8. The number of esters is 2. The molecule has 0 aliphatic heterocycles. The Kier molecular flexibility index (Phi) is 51.8. The fourth-order valence-electron chi connectivity index (χ4n) is 9.06. The van der Waals surface area contributed by atoms with E-state index in [1.54, 1.807) is 0 Å². The highest BCUT2D eigenvalue weighted by atomic mass is 16.7. The first kappa shape index (κ1) is 68.0. The summed E-state index contributed by atoms with van der Waals surface area (Å²) >= 11 is 0.